The minimum atomic E-state index is -1.37. The molecule has 0 bridgehead atoms. The molecule has 1 heterocycles. The van der Waals surface area contributed by atoms with Crippen molar-refractivity contribution in [2.75, 3.05) is 13.7 Å². The van der Waals surface area contributed by atoms with E-state index in [1.165, 1.54) is 7.11 Å². The molecule has 1 rings (SSSR count). The fourth-order valence-electron chi connectivity index (χ4n) is 1.94. The van der Waals surface area contributed by atoms with Crippen molar-refractivity contribution >= 4 is 5.91 Å². The first-order valence-electron chi connectivity index (χ1n) is 6.06. The Morgan fingerprint density at radius 1 is 1.42 bits per heavy atom. The maximum absolute atomic E-state index is 11.6. The SMILES string of the molecule is CO[C@H]1O[C@H](C)[C@@H](NC(=O)[C@H](O)CCO)[C@H](O)[C@@H]1O. The van der Waals surface area contributed by atoms with E-state index < -0.39 is 42.7 Å². The van der Waals surface area contributed by atoms with Gasteiger partial charge in [-0.25, -0.2) is 0 Å². The molecule has 1 aliphatic heterocycles. The number of nitrogens with one attached hydrogen (secondary N) is 1. The third-order valence-electron chi connectivity index (χ3n) is 3.10. The van der Waals surface area contributed by atoms with Crippen LogP contribution in [0.5, 0.6) is 0 Å². The first-order chi connectivity index (χ1) is 8.92. The standard InChI is InChI=1S/C11H21NO7/c1-5-7(12-10(17)6(14)3-4-13)8(15)9(16)11(18-2)19-5/h5-9,11,13-16H,3-4H2,1-2H3,(H,12,17)/t5-,6-,7-,8+,9+,11+/m1/s1. The van der Waals surface area contributed by atoms with Gasteiger partial charge >= 0.3 is 0 Å². The molecule has 1 amide bonds. The lowest BCUT2D eigenvalue weighted by molar-refractivity contribution is -0.263. The van der Waals surface area contributed by atoms with E-state index in [1.54, 1.807) is 6.92 Å². The Bertz CT molecular complexity index is 301. The zero-order chi connectivity index (χ0) is 14.6. The lowest BCUT2D eigenvalue weighted by atomic mass is 9.96. The molecule has 8 nitrogen and oxygen atoms in total. The van der Waals surface area contributed by atoms with Gasteiger partial charge in [0.25, 0.3) is 0 Å². The van der Waals surface area contributed by atoms with Gasteiger partial charge in [0.05, 0.1) is 12.1 Å². The molecule has 1 fully saturated rings. The molecule has 0 spiro atoms. The molecular formula is C11H21NO7. The van der Waals surface area contributed by atoms with Crippen LogP contribution in [-0.4, -0.2) is 76.8 Å². The van der Waals surface area contributed by atoms with Crippen LogP contribution in [0.3, 0.4) is 0 Å². The van der Waals surface area contributed by atoms with Crippen LogP contribution in [0.15, 0.2) is 0 Å². The molecule has 0 radical (unpaired) electrons. The van der Waals surface area contributed by atoms with Gasteiger partial charge in [-0.2, -0.15) is 0 Å². The Morgan fingerprint density at radius 2 is 2.05 bits per heavy atom. The lowest BCUT2D eigenvalue weighted by Crippen LogP contribution is -2.63. The summed E-state index contributed by atoms with van der Waals surface area (Å²) >= 11 is 0. The largest absolute Gasteiger partial charge is 0.396 e. The van der Waals surface area contributed by atoms with Gasteiger partial charge in [0.15, 0.2) is 6.29 Å². The number of amides is 1. The van der Waals surface area contributed by atoms with Crippen molar-refractivity contribution in [1.82, 2.24) is 5.32 Å². The minimum Gasteiger partial charge on any atom is -0.396 e. The number of carbonyl (C=O) groups is 1. The lowest BCUT2D eigenvalue weighted by Gasteiger charge is -2.41. The number of rotatable bonds is 5. The summed E-state index contributed by atoms with van der Waals surface area (Å²) in [6.45, 7) is 1.27. The zero-order valence-corrected chi connectivity index (χ0v) is 10.9. The van der Waals surface area contributed by atoms with Crippen molar-refractivity contribution in [3.8, 4) is 0 Å². The highest BCUT2D eigenvalue weighted by molar-refractivity contribution is 5.80. The van der Waals surface area contributed by atoms with Gasteiger partial charge in [-0.1, -0.05) is 0 Å². The fraction of sp³-hybridized carbons (Fsp3) is 0.909. The van der Waals surface area contributed by atoms with Gasteiger partial charge < -0.3 is 35.2 Å². The predicted molar refractivity (Wildman–Crippen MR) is 63.0 cm³/mol. The maximum atomic E-state index is 11.6. The van der Waals surface area contributed by atoms with Crippen molar-refractivity contribution in [3.63, 3.8) is 0 Å². The molecule has 0 unspecified atom stereocenters. The Labute approximate surface area is 110 Å². The monoisotopic (exact) mass is 279 g/mol. The summed E-state index contributed by atoms with van der Waals surface area (Å²) in [5, 5.41) is 40.1. The van der Waals surface area contributed by atoms with Crippen LogP contribution in [0.2, 0.25) is 0 Å². The van der Waals surface area contributed by atoms with E-state index in [0.29, 0.717) is 0 Å². The summed E-state index contributed by atoms with van der Waals surface area (Å²) in [7, 11) is 1.33. The highest BCUT2D eigenvalue weighted by Crippen LogP contribution is 2.21. The average molecular weight is 279 g/mol. The van der Waals surface area contributed by atoms with E-state index in [2.05, 4.69) is 5.32 Å². The van der Waals surface area contributed by atoms with E-state index in [1.807, 2.05) is 0 Å². The molecule has 0 aromatic heterocycles. The second-order valence-corrected chi connectivity index (χ2v) is 4.49. The molecule has 0 aromatic carbocycles. The van der Waals surface area contributed by atoms with Crippen molar-refractivity contribution in [2.24, 2.45) is 0 Å². The summed E-state index contributed by atoms with van der Waals surface area (Å²) < 4.78 is 10.1. The summed E-state index contributed by atoms with van der Waals surface area (Å²) in [4.78, 5) is 11.6. The van der Waals surface area contributed by atoms with Gasteiger partial charge in [0.2, 0.25) is 5.91 Å². The van der Waals surface area contributed by atoms with Crippen LogP contribution in [0, 0.1) is 0 Å². The van der Waals surface area contributed by atoms with Crippen LogP contribution in [0.25, 0.3) is 0 Å². The Kier molecular flexibility index (Phi) is 6.11. The van der Waals surface area contributed by atoms with Crippen LogP contribution in [-0.2, 0) is 14.3 Å². The second kappa shape index (κ2) is 7.13. The van der Waals surface area contributed by atoms with Crippen molar-refractivity contribution in [1.29, 1.82) is 0 Å². The molecule has 6 atom stereocenters. The number of hydrogen-bond donors (Lipinski definition) is 5. The maximum Gasteiger partial charge on any atom is 0.249 e. The fourth-order valence-corrected chi connectivity index (χ4v) is 1.94. The van der Waals surface area contributed by atoms with E-state index in [4.69, 9.17) is 14.6 Å². The highest BCUT2D eigenvalue weighted by Gasteiger charge is 2.43. The average Bonchev–Trinajstić information content (AvgIpc) is 2.38. The summed E-state index contributed by atoms with van der Waals surface area (Å²) in [6.07, 6.45) is -5.64. The molecule has 0 aromatic rings. The number of methoxy groups -OCH3 is 1. The second-order valence-electron chi connectivity index (χ2n) is 4.49. The number of ether oxygens (including phenoxy) is 2. The van der Waals surface area contributed by atoms with Gasteiger partial charge in [0, 0.05) is 20.1 Å². The molecule has 1 aliphatic rings. The Morgan fingerprint density at radius 3 is 2.58 bits per heavy atom. The smallest absolute Gasteiger partial charge is 0.249 e. The molecule has 0 aliphatic carbocycles. The minimum absolute atomic E-state index is 0.104. The van der Waals surface area contributed by atoms with Crippen LogP contribution >= 0.6 is 0 Å². The molecular weight excluding hydrogens is 258 g/mol. The number of aliphatic hydroxyl groups excluding tert-OH is 4. The van der Waals surface area contributed by atoms with E-state index >= 15 is 0 Å². The molecule has 5 N–H and O–H groups in total. The Balaban J connectivity index is 2.64. The first-order valence-corrected chi connectivity index (χ1v) is 6.06. The molecule has 19 heavy (non-hydrogen) atoms. The topological polar surface area (TPSA) is 128 Å². The van der Waals surface area contributed by atoms with Crippen LogP contribution in [0.4, 0.5) is 0 Å². The van der Waals surface area contributed by atoms with Crippen LogP contribution in [0.1, 0.15) is 13.3 Å². The van der Waals surface area contributed by atoms with Crippen molar-refractivity contribution in [2.45, 2.75) is 50.1 Å². The van der Waals surface area contributed by atoms with E-state index in [9.17, 15) is 20.1 Å². The molecule has 1 saturated heterocycles. The number of hydrogen-bond acceptors (Lipinski definition) is 7. The predicted octanol–water partition coefficient (Wildman–Crippen LogP) is -2.67. The highest BCUT2D eigenvalue weighted by atomic mass is 16.7. The number of carbonyl (C=O) groups excluding carboxylic acids is 1. The molecule has 0 saturated carbocycles. The zero-order valence-electron chi connectivity index (χ0n) is 10.9. The van der Waals surface area contributed by atoms with Gasteiger partial charge in [0.1, 0.15) is 18.3 Å². The third-order valence-corrected chi connectivity index (χ3v) is 3.10. The van der Waals surface area contributed by atoms with Crippen molar-refractivity contribution in [3.05, 3.63) is 0 Å². The third kappa shape index (κ3) is 3.85. The molecule has 8 heteroatoms. The normalized spacial score (nSPS) is 36.8. The van der Waals surface area contributed by atoms with Crippen molar-refractivity contribution < 1.29 is 34.7 Å². The quantitative estimate of drug-likeness (QED) is 0.371. The summed E-state index contributed by atoms with van der Waals surface area (Å²) in [5.41, 5.74) is 0. The van der Waals surface area contributed by atoms with Gasteiger partial charge in [-0.05, 0) is 6.92 Å². The van der Waals surface area contributed by atoms with E-state index in [0.717, 1.165) is 0 Å². The first kappa shape index (κ1) is 16.3. The van der Waals surface area contributed by atoms with Gasteiger partial charge in [-0.15, -0.1) is 0 Å². The van der Waals surface area contributed by atoms with E-state index in [-0.39, 0.29) is 13.0 Å². The number of aliphatic hydroxyl groups is 4. The van der Waals surface area contributed by atoms with Crippen LogP contribution < -0.4 is 5.32 Å². The Hall–Kier alpha value is -0.770. The summed E-state index contributed by atoms with van der Waals surface area (Å²) in [6, 6.07) is -0.873. The molecule has 112 valence electrons. The summed E-state index contributed by atoms with van der Waals surface area (Å²) in [5.74, 6) is -0.739. The van der Waals surface area contributed by atoms with Gasteiger partial charge in [-0.3, -0.25) is 4.79 Å².